The van der Waals surface area contributed by atoms with Gasteiger partial charge in [0, 0.05) is 35.9 Å². The smallest absolute Gasteiger partial charge is 0.253 e. The van der Waals surface area contributed by atoms with Gasteiger partial charge in [0.25, 0.3) is 5.91 Å². The predicted molar refractivity (Wildman–Crippen MR) is 139 cm³/mol. The lowest BCUT2D eigenvalue weighted by Crippen LogP contribution is -2.23. The quantitative estimate of drug-likeness (QED) is 0.295. The molecule has 3 aromatic rings. The minimum Gasteiger partial charge on any atom is -0.489 e. The molecule has 0 aliphatic carbocycles. The van der Waals surface area contributed by atoms with Crippen molar-refractivity contribution in [3.05, 3.63) is 92.4 Å². The highest BCUT2D eigenvalue weighted by molar-refractivity contribution is 9.10. The Kier molecular flexibility index (Phi) is 9.71. The largest absolute Gasteiger partial charge is 0.489 e. The molecule has 1 amide bonds. The molecule has 0 radical (unpaired) electrons. The Bertz CT molecular complexity index is 1300. The van der Waals surface area contributed by atoms with Gasteiger partial charge in [-0.15, -0.1) is 0 Å². The number of benzene rings is 3. The topological polar surface area (TPSA) is 105 Å². The van der Waals surface area contributed by atoms with Crippen LogP contribution in [0.1, 0.15) is 27.0 Å². The van der Waals surface area contributed by atoms with Crippen LogP contribution >= 0.6 is 27.5 Å². The fourth-order valence-corrected chi connectivity index (χ4v) is 4.69. The van der Waals surface area contributed by atoms with Gasteiger partial charge in [0.15, 0.2) is 9.84 Å². The number of aliphatic hydroxyl groups is 1. The monoisotopic (exact) mass is 580 g/mol. The first-order chi connectivity index (χ1) is 16.7. The van der Waals surface area contributed by atoms with E-state index in [4.69, 9.17) is 21.4 Å². The molecule has 0 unspecified atom stereocenters. The molecule has 0 aliphatic rings. The number of carbonyl (C=O) groups is 1. The first-order valence-electron chi connectivity index (χ1n) is 10.8. The molecule has 10 heteroatoms. The molecule has 0 bridgehead atoms. The summed E-state index contributed by atoms with van der Waals surface area (Å²) in [5.74, 6) is 0.344. The number of nitrogens with one attached hydrogen (secondary N) is 2. The van der Waals surface area contributed by atoms with Crippen molar-refractivity contribution in [2.24, 2.45) is 0 Å². The molecule has 0 heterocycles. The minimum atomic E-state index is -3.41. The SMILES string of the molecule is CS(=O)(=O)c1ccc(C(=O)NCc2cccc(COc3ccc(Br)cc3CNCCO)c2)c(Cl)c1. The van der Waals surface area contributed by atoms with Crippen LogP contribution in [-0.2, 0) is 29.5 Å². The van der Waals surface area contributed by atoms with Gasteiger partial charge in [-0.1, -0.05) is 51.8 Å². The summed E-state index contributed by atoms with van der Waals surface area (Å²) >= 11 is 9.61. The third-order valence-corrected chi connectivity index (χ3v) is 6.99. The van der Waals surface area contributed by atoms with Gasteiger partial charge in [0.2, 0.25) is 0 Å². The average Bonchev–Trinajstić information content (AvgIpc) is 2.82. The van der Waals surface area contributed by atoms with Gasteiger partial charge < -0.3 is 20.5 Å². The summed E-state index contributed by atoms with van der Waals surface area (Å²) in [6.07, 6.45) is 1.08. The van der Waals surface area contributed by atoms with Crippen LogP contribution in [0.4, 0.5) is 0 Å². The maximum atomic E-state index is 12.6. The zero-order chi connectivity index (χ0) is 25.4. The van der Waals surface area contributed by atoms with Crippen LogP contribution < -0.4 is 15.4 Å². The Morgan fingerprint density at radius 3 is 2.54 bits per heavy atom. The Labute approximate surface area is 218 Å². The number of carbonyl (C=O) groups excluding carboxylic acids is 1. The van der Waals surface area contributed by atoms with Crippen LogP contribution in [0.25, 0.3) is 0 Å². The zero-order valence-corrected chi connectivity index (χ0v) is 22.2. The zero-order valence-electron chi connectivity index (χ0n) is 19.1. The van der Waals surface area contributed by atoms with Crippen LogP contribution in [0.2, 0.25) is 5.02 Å². The highest BCUT2D eigenvalue weighted by Gasteiger charge is 2.15. The summed E-state index contributed by atoms with van der Waals surface area (Å²) in [6, 6.07) is 17.5. The van der Waals surface area contributed by atoms with Gasteiger partial charge >= 0.3 is 0 Å². The normalized spacial score (nSPS) is 11.3. The second-order valence-corrected chi connectivity index (χ2v) is 11.2. The molecule has 0 spiro atoms. The summed E-state index contributed by atoms with van der Waals surface area (Å²) in [6.45, 7) is 1.73. The van der Waals surface area contributed by atoms with E-state index < -0.39 is 15.7 Å². The molecule has 0 saturated heterocycles. The van der Waals surface area contributed by atoms with Gasteiger partial charge in [0.05, 0.1) is 22.1 Å². The number of halogens is 2. The molecular weight excluding hydrogens is 556 g/mol. The number of hydrogen-bond acceptors (Lipinski definition) is 6. The van der Waals surface area contributed by atoms with E-state index in [1.807, 2.05) is 42.5 Å². The minimum absolute atomic E-state index is 0.0601. The van der Waals surface area contributed by atoms with Gasteiger partial charge in [-0.3, -0.25) is 4.79 Å². The van der Waals surface area contributed by atoms with E-state index in [-0.39, 0.29) is 28.6 Å². The first kappa shape index (κ1) is 27.2. The molecule has 0 fully saturated rings. The molecule has 7 nitrogen and oxygen atoms in total. The molecule has 3 rings (SSSR count). The molecule has 0 saturated carbocycles. The van der Waals surface area contributed by atoms with Crippen molar-refractivity contribution in [3.8, 4) is 5.75 Å². The fourth-order valence-electron chi connectivity index (χ4n) is 3.31. The first-order valence-corrected chi connectivity index (χ1v) is 13.8. The Morgan fingerprint density at radius 1 is 1.06 bits per heavy atom. The summed E-state index contributed by atoms with van der Waals surface area (Å²) in [7, 11) is -3.41. The van der Waals surface area contributed by atoms with Crippen molar-refractivity contribution in [2.45, 2.75) is 24.6 Å². The highest BCUT2D eigenvalue weighted by atomic mass is 79.9. The lowest BCUT2D eigenvalue weighted by atomic mass is 10.1. The van der Waals surface area contributed by atoms with Crippen molar-refractivity contribution in [1.82, 2.24) is 10.6 Å². The number of ether oxygens (including phenoxy) is 1. The van der Waals surface area contributed by atoms with Crippen LogP contribution in [-0.4, -0.2) is 38.8 Å². The maximum absolute atomic E-state index is 12.6. The summed E-state index contributed by atoms with van der Waals surface area (Å²) in [4.78, 5) is 12.6. The second-order valence-electron chi connectivity index (χ2n) is 7.86. The summed E-state index contributed by atoms with van der Waals surface area (Å²) in [5, 5.41) is 15.0. The third kappa shape index (κ3) is 8.05. The molecule has 3 N–H and O–H groups in total. The lowest BCUT2D eigenvalue weighted by molar-refractivity contribution is 0.0951. The third-order valence-electron chi connectivity index (χ3n) is 5.08. The Hall–Kier alpha value is -2.43. The predicted octanol–water partition coefficient (Wildman–Crippen LogP) is 4.10. The van der Waals surface area contributed by atoms with E-state index in [2.05, 4.69) is 26.6 Å². The Balaban J connectivity index is 1.62. The van der Waals surface area contributed by atoms with Crippen molar-refractivity contribution in [3.63, 3.8) is 0 Å². The number of amides is 1. The summed E-state index contributed by atoms with van der Waals surface area (Å²) in [5.41, 5.74) is 2.99. The maximum Gasteiger partial charge on any atom is 0.253 e. The molecular formula is C25H26BrClN2O5S. The Morgan fingerprint density at radius 2 is 1.83 bits per heavy atom. The van der Waals surface area contributed by atoms with Crippen LogP contribution in [0.3, 0.4) is 0 Å². The van der Waals surface area contributed by atoms with Crippen molar-refractivity contribution < 1.29 is 23.1 Å². The summed E-state index contributed by atoms with van der Waals surface area (Å²) < 4.78 is 30.3. The van der Waals surface area contributed by atoms with Gasteiger partial charge in [-0.25, -0.2) is 8.42 Å². The van der Waals surface area contributed by atoms with Crippen molar-refractivity contribution in [2.75, 3.05) is 19.4 Å². The van der Waals surface area contributed by atoms with Gasteiger partial charge in [0.1, 0.15) is 12.4 Å². The molecule has 0 atom stereocenters. The van der Waals surface area contributed by atoms with Gasteiger partial charge in [-0.2, -0.15) is 0 Å². The van der Waals surface area contributed by atoms with E-state index in [0.717, 1.165) is 33.2 Å². The standard InChI is InChI=1S/C25H26BrClN2O5S/c1-35(32,33)21-6-7-22(23(27)13-21)25(31)29-14-17-3-2-4-18(11-17)16-34-24-8-5-20(26)12-19(24)15-28-9-10-30/h2-8,11-13,28,30H,9-10,14-16H2,1H3,(H,29,31). The van der Waals surface area contributed by atoms with Crippen LogP contribution in [0.5, 0.6) is 5.75 Å². The lowest BCUT2D eigenvalue weighted by Gasteiger charge is -2.13. The van der Waals surface area contributed by atoms with E-state index in [1.165, 1.54) is 18.2 Å². The molecule has 0 aromatic heterocycles. The number of sulfone groups is 1. The van der Waals surface area contributed by atoms with E-state index in [0.29, 0.717) is 19.7 Å². The molecule has 3 aromatic carbocycles. The molecule has 0 aliphatic heterocycles. The number of hydrogen-bond donors (Lipinski definition) is 3. The van der Waals surface area contributed by atoms with E-state index in [1.54, 1.807) is 0 Å². The van der Waals surface area contributed by atoms with Gasteiger partial charge in [-0.05, 0) is 47.5 Å². The van der Waals surface area contributed by atoms with E-state index >= 15 is 0 Å². The average molecular weight is 582 g/mol. The van der Waals surface area contributed by atoms with Crippen LogP contribution in [0, 0.1) is 0 Å². The van der Waals surface area contributed by atoms with E-state index in [9.17, 15) is 13.2 Å². The molecule has 186 valence electrons. The van der Waals surface area contributed by atoms with Crippen LogP contribution in [0.15, 0.2) is 70.0 Å². The fraction of sp³-hybridized carbons (Fsp3) is 0.240. The van der Waals surface area contributed by atoms with Crippen molar-refractivity contribution >= 4 is 43.3 Å². The number of rotatable bonds is 11. The highest BCUT2D eigenvalue weighted by Crippen LogP contribution is 2.25. The number of aliphatic hydroxyl groups excluding tert-OH is 1. The van der Waals surface area contributed by atoms with Crippen molar-refractivity contribution in [1.29, 1.82) is 0 Å². The second kappa shape index (κ2) is 12.5. The molecule has 35 heavy (non-hydrogen) atoms.